The summed E-state index contributed by atoms with van der Waals surface area (Å²) in [5.41, 5.74) is 6.50. The van der Waals surface area contributed by atoms with Crippen molar-refractivity contribution in [2.75, 3.05) is 19.0 Å². The van der Waals surface area contributed by atoms with Crippen LogP contribution in [0.3, 0.4) is 0 Å². The van der Waals surface area contributed by atoms with E-state index in [2.05, 4.69) is 20.7 Å². The predicted molar refractivity (Wildman–Crippen MR) is 98.8 cm³/mol. The van der Waals surface area contributed by atoms with Crippen molar-refractivity contribution in [3.8, 4) is 11.4 Å². The van der Waals surface area contributed by atoms with Crippen LogP contribution in [0.25, 0.3) is 11.4 Å². The van der Waals surface area contributed by atoms with Gasteiger partial charge in [0.05, 0.1) is 11.9 Å². The van der Waals surface area contributed by atoms with E-state index in [0.717, 1.165) is 16.9 Å². The van der Waals surface area contributed by atoms with Crippen LogP contribution in [0.1, 0.15) is 16.1 Å². The first-order valence-corrected chi connectivity index (χ1v) is 7.82. The molecule has 0 aliphatic heterocycles. The third-order valence-corrected chi connectivity index (χ3v) is 3.82. The second kappa shape index (κ2) is 7.04. The number of rotatable bonds is 5. The van der Waals surface area contributed by atoms with Crippen LogP contribution in [0.4, 0.5) is 5.69 Å². The number of carbonyl (C=O) groups is 1. The second-order valence-electron chi connectivity index (χ2n) is 5.86. The molecule has 0 aliphatic rings. The summed E-state index contributed by atoms with van der Waals surface area (Å²) >= 11 is 0. The van der Waals surface area contributed by atoms with E-state index in [1.54, 1.807) is 12.3 Å². The molecular formula is C18H20N6O. The van der Waals surface area contributed by atoms with Crippen molar-refractivity contribution in [1.82, 2.24) is 20.2 Å². The highest BCUT2D eigenvalue weighted by Crippen LogP contribution is 2.17. The summed E-state index contributed by atoms with van der Waals surface area (Å²) < 4.78 is 1.94. The molecular weight excluding hydrogens is 316 g/mol. The van der Waals surface area contributed by atoms with E-state index < -0.39 is 0 Å². The first kappa shape index (κ1) is 16.5. The number of hydrogen-bond donors (Lipinski definition) is 2. The summed E-state index contributed by atoms with van der Waals surface area (Å²) in [6, 6.07) is 13.4. The van der Waals surface area contributed by atoms with Crippen LogP contribution in [0.2, 0.25) is 0 Å². The summed E-state index contributed by atoms with van der Waals surface area (Å²) in [6.07, 6.45) is 3.53. The fourth-order valence-electron chi connectivity index (χ4n) is 2.38. The van der Waals surface area contributed by atoms with E-state index in [0.29, 0.717) is 11.4 Å². The zero-order valence-corrected chi connectivity index (χ0v) is 14.4. The standard InChI is InChI=1S/C18H20N6O/c1-23(2)14-8-6-13(7-9-14)12-19-22-18(25)16-11-15(20-21-16)17-5-4-10-24(17)3/h4-12H,1-3H3,(H,20,21)(H,22,25). The van der Waals surface area contributed by atoms with Crippen molar-refractivity contribution in [3.05, 3.63) is 59.9 Å². The number of nitrogens with zero attached hydrogens (tertiary/aromatic N) is 4. The number of hydrazone groups is 1. The number of anilines is 1. The fraction of sp³-hybridized carbons (Fsp3) is 0.167. The highest BCUT2D eigenvalue weighted by Gasteiger charge is 2.11. The van der Waals surface area contributed by atoms with Crippen LogP contribution in [0.5, 0.6) is 0 Å². The summed E-state index contributed by atoms with van der Waals surface area (Å²) in [4.78, 5) is 14.2. The Labute approximate surface area is 146 Å². The van der Waals surface area contributed by atoms with Gasteiger partial charge in [0, 0.05) is 33.0 Å². The van der Waals surface area contributed by atoms with Crippen LogP contribution in [0, 0.1) is 0 Å². The fourth-order valence-corrected chi connectivity index (χ4v) is 2.38. The monoisotopic (exact) mass is 336 g/mol. The lowest BCUT2D eigenvalue weighted by molar-refractivity contribution is 0.0950. The Balaban J connectivity index is 1.63. The minimum absolute atomic E-state index is 0.339. The number of hydrogen-bond acceptors (Lipinski definition) is 4. The molecule has 0 fully saturated rings. The van der Waals surface area contributed by atoms with Gasteiger partial charge in [0.2, 0.25) is 0 Å². The van der Waals surface area contributed by atoms with Gasteiger partial charge in [-0.05, 0) is 35.9 Å². The number of nitrogens with one attached hydrogen (secondary N) is 2. The molecule has 0 aliphatic carbocycles. The molecule has 0 saturated carbocycles. The minimum Gasteiger partial charge on any atom is -0.378 e. The third-order valence-electron chi connectivity index (χ3n) is 3.82. The van der Waals surface area contributed by atoms with Gasteiger partial charge in [0.1, 0.15) is 11.4 Å². The topological polar surface area (TPSA) is 78.3 Å². The quantitative estimate of drug-likeness (QED) is 0.554. The SMILES string of the molecule is CN(C)c1ccc(C=NNC(=O)c2cc(-c3cccn3C)n[nH]2)cc1. The van der Waals surface area contributed by atoms with Crippen LogP contribution in [0.15, 0.2) is 53.8 Å². The Kier molecular flexibility index (Phi) is 4.65. The van der Waals surface area contributed by atoms with E-state index in [-0.39, 0.29) is 5.91 Å². The van der Waals surface area contributed by atoms with Gasteiger partial charge in [-0.1, -0.05) is 12.1 Å². The smallest absolute Gasteiger partial charge is 0.289 e. The van der Waals surface area contributed by atoms with Gasteiger partial charge in [-0.15, -0.1) is 0 Å². The van der Waals surface area contributed by atoms with Crippen molar-refractivity contribution < 1.29 is 4.79 Å². The van der Waals surface area contributed by atoms with E-state index in [1.165, 1.54) is 0 Å². The molecule has 2 N–H and O–H groups in total. The second-order valence-corrected chi connectivity index (χ2v) is 5.86. The molecule has 1 amide bonds. The summed E-state index contributed by atoms with van der Waals surface area (Å²) in [5, 5.41) is 10.9. The zero-order valence-electron chi connectivity index (χ0n) is 14.4. The molecule has 7 heteroatoms. The van der Waals surface area contributed by atoms with Gasteiger partial charge in [0.25, 0.3) is 5.91 Å². The minimum atomic E-state index is -0.339. The van der Waals surface area contributed by atoms with Gasteiger partial charge in [0.15, 0.2) is 0 Å². The molecule has 128 valence electrons. The van der Waals surface area contributed by atoms with Gasteiger partial charge in [-0.3, -0.25) is 9.89 Å². The van der Waals surface area contributed by atoms with E-state index >= 15 is 0 Å². The molecule has 0 bridgehead atoms. The number of aromatic amines is 1. The van der Waals surface area contributed by atoms with Crippen molar-refractivity contribution in [1.29, 1.82) is 0 Å². The molecule has 2 heterocycles. The summed E-state index contributed by atoms with van der Waals surface area (Å²) in [7, 11) is 5.89. The van der Waals surface area contributed by atoms with Crippen LogP contribution < -0.4 is 10.3 Å². The highest BCUT2D eigenvalue weighted by atomic mass is 16.2. The molecule has 2 aromatic heterocycles. The average molecular weight is 336 g/mol. The summed E-state index contributed by atoms with van der Waals surface area (Å²) in [5.74, 6) is -0.339. The Morgan fingerprint density at radius 1 is 1.28 bits per heavy atom. The number of H-pyrrole nitrogens is 1. The van der Waals surface area contributed by atoms with Crippen molar-refractivity contribution in [2.45, 2.75) is 0 Å². The molecule has 0 radical (unpaired) electrons. The van der Waals surface area contributed by atoms with Gasteiger partial charge < -0.3 is 9.47 Å². The third kappa shape index (κ3) is 3.77. The number of aryl methyl sites for hydroxylation is 1. The molecule has 1 aromatic carbocycles. The Morgan fingerprint density at radius 3 is 2.68 bits per heavy atom. The molecule has 3 aromatic rings. The Hall–Kier alpha value is -3.35. The highest BCUT2D eigenvalue weighted by molar-refractivity contribution is 5.94. The molecule has 0 saturated heterocycles. The van der Waals surface area contributed by atoms with E-state index in [9.17, 15) is 4.79 Å². The lowest BCUT2D eigenvalue weighted by atomic mass is 10.2. The molecule has 0 spiro atoms. The largest absolute Gasteiger partial charge is 0.378 e. The first-order valence-electron chi connectivity index (χ1n) is 7.82. The van der Waals surface area contributed by atoms with Crippen molar-refractivity contribution in [2.24, 2.45) is 12.1 Å². The average Bonchev–Trinajstić information content (AvgIpc) is 3.24. The maximum Gasteiger partial charge on any atom is 0.289 e. The van der Waals surface area contributed by atoms with Gasteiger partial charge >= 0.3 is 0 Å². The van der Waals surface area contributed by atoms with Gasteiger partial charge in [-0.25, -0.2) is 5.43 Å². The number of benzene rings is 1. The molecule has 3 rings (SSSR count). The molecule has 0 unspecified atom stereocenters. The van der Waals surface area contributed by atoms with Crippen LogP contribution in [-0.4, -0.2) is 41.0 Å². The number of carbonyl (C=O) groups excluding carboxylic acids is 1. The first-order chi connectivity index (χ1) is 12.0. The zero-order chi connectivity index (χ0) is 17.8. The molecule has 0 atom stereocenters. The van der Waals surface area contributed by atoms with E-state index in [1.807, 2.05) is 73.2 Å². The lowest BCUT2D eigenvalue weighted by Crippen LogP contribution is -2.18. The maximum atomic E-state index is 12.1. The van der Waals surface area contributed by atoms with Crippen LogP contribution >= 0.6 is 0 Å². The number of aromatic nitrogens is 3. The predicted octanol–water partition coefficient (Wildman–Crippen LogP) is 2.25. The molecule has 7 nitrogen and oxygen atoms in total. The lowest BCUT2D eigenvalue weighted by Gasteiger charge is -2.11. The normalized spacial score (nSPS) is 11.0. The number of amides is 1. The summed E-state index contributed by atoms with van der Waals surface area (Å²) in [6.45, 7) is 0. The Morgan fingerprint density at radius 2 is 2.04 bits per heavy atom. The van der Waals surface area contributed by atoms with Crippen molar-refractivity contribution in [3.63, 3.8) is 0 Å². The maximum absolute atomic E-state index is 12.1. The van der Waals surface area contributed by atoms with E-state index in [4.69, 9.17) is 0 Å². The van der Waals surface area contributed by atoms with Crippen LogP contribution in [-0.2, 0) is 7.05 Å². The molecule has 25 heavy (non-hydrogen) atoms. The van der Waals surface area contributed by atoms with Crippen molar-refractivity contribution >= 4 is 17.8 Å². The van der Waals surface area contributed by atoms with Gasteiger partial charge in [-0.2, -0.15) is 10.2 Å². The Bertz CT molecular complexity index is 888.